The Morgan fingerprint density at radius 1 is 0.393 bits per heavy atom. The number of esters is 2. The highest BCUT2D eigenvalue weighted by Gasteiger charge is 2.51. The van der Waals surface area contributed by atoms with E-state index in [4.69, 9.17) is 18.9 Å². The molecule has 11 nitrogen and oxygen atoms in total. The average Bonchev–Trinajstić information content (AvgIpc) is 4.10. The lowest BCUT2D eigenvalue weighted by atomic mass is 9.95. The van der Waals surface area contributed by atoms with Crippen LogP contribution in [0.25, 0.3) is 0 Å². The van der Waals surface area contributed by atoms with Crippen LogP contribution in [0.2, 0.25) is 0 Å². The van der Waals surface area contributed by atoms with Crippen molar-refractivity contribution < 1.29 is 49.0 Å². The van der Waals surface area contributed by atoms with E-state index < -0.39 is 42.7 Å². The minimum Gasteiger partial charge on any atom is -0.457 e. The van der Waals surface area contributed by atoms with Gasteiger partial charge in [-0.15, -0.1) is 0 Å². The van der Waals surface area contributed by atoms with Crippen LogP contribution in [0.4, 0.5) is 0 Å². The number of aliphatic hydroxyl groups is 4. The minimum absolute atomic E-state index is 0.185. The predicted molar refractivity (Wildman–Crippen MR) is 351 cm³/mol. The summed E-state index contributed by atoms with van der Waals surface area (Å²) in [6, 6.07) is 0. The highest BCUT2D eigenvalue weighted by atomic mass is 16.7. The van der Waals surface area contributed by atoms with Gasteiger partial charge in [-0.05, 0) is 70.8 Å². The fraction of sp³-hybridized carbons (Fsp3) is 0.945. The predicted octanol–water partition coefficient (Wildman–Crippen LogP) is 18.6. The van der Waals surface area contributed by atoms with Gasteiger partial charge in [0.1, 0.15) is 12.2 Å². The second kappa shape index (κ2) is 56.6. The van der Waals surface area contributed by atoms with Gasteiger partial charge in [0.15, 0.2) is 12.2 Å². The molecule has 2 heterocycles. The van der Waals surface area contributed by atoms with Crippen LogP contribution in [-0.2, 0) is 28.5 Å². The lowest BCUT2D eigenvalue weighted by molar-refractivity contribution is -0.155. The monoisotopic (exact) mass is 1190 g/mol. The van der Waals surface area contributed by atoms with E-state index in [0.29, 0.717) is 51.7 Å². The molecule has 2 fully saturated rings. The Labute approximate surface area is 518 Å². The normalized spacial score (nSPS) is 18.6. The van der Waals surface area contributed by atoms with Gasteiger partial charge in [-0.25, -0.2) is 0 Å². The minimum atomic E-state index is -0.578. The van der Waals surface area contributed by atoms with Crippen molar-refractivity contribution >= 4 is 11.9 Å². The smallest absolute Gasteiger partial charge is 0.306 e. The van der Waals surface area contributed by atoms with Gasteiger partial charge in [0.2, 0.25) is 0 Å². The molecule has 8 atom stereocenters. The van der Waals surface area contributed by atoms with E-state index >= 15 is 0 Å². The molecule has 0 aliphatic carbocycles. The Balaban J connectivity index is 1.81. The third-order valence-corrected chi connectivity index (χ3v) is 18.2. The first-order valence-corrected chi connectivity index (χ1v) is 36.8. The molecule has 2 aliphatic heterocycles. The SMILES string of the molecule is CCCCCCCCCCCCCCC(O)CN(CCCC(=O)O[C@@H]1COC2C1OC[C@@H]2OC(=O)CCC/C=C(/CCC(O)CCCCCCCCCC)CC(O)CCCCCCCCCC)CC(O)CCCCCCCCCCCCCC. The number of ether oxygens (including phenoxy) is 4. The van der Waals surface area contributed by atoms with E-state index in [1.807, 2.05) is 0 Å². The largest absolute Gasteiger partial charge is 0.457 e. The van der Waals surface area contributed by atoms with E-state index in [0.717, 1.165) is 77.0 Å². The number of hydrogen-bond donors (Lipinski definition) is 4. The summed E-state index contributed by atoms with van der Waals surface area (Å²) in [7, 11) is 0. The third kappa shape index (κ3) is 44.8. The lowest BCUT2D eigenvalue weighted by Gasteiger charge is -2.27. The molecule has 0 aromatic carbocycles. The standard InChI is InChI=1S/C73H139NO10/c1-5-9-13-17-21-25-27-29-31-35-39-43-51-66(77)59-74(60-67(78)52-44-40-36-32-30-28-26-22-18-14-10-6-2)57-47-54-71(80)84-69-62-82-72-68(61-81-73(69)72)83-70(79)53-46-45-48-63(58-65(76)50-42-38-34-24-20-16-12-8-4)55-56-64(75)49-41-37-33-23-19-15-11-7-3/h48,64-69,72-73,75-78H,5-47,49-62H2,1-4H3/b63-48-/t64?,65?,66?,67?,68-,69+,72?,73?/m0/s1. The first-order chi connectivity index (χ1) is 41.1. The van der Waals surface area contributed by atoms with Crippen molar-refractivity contribution in [2.45, 2.75) is 410 Å². The van der Waals surface area contributed by atoms with E-state index in [9.17, 15) is 30.0 Å². The number of rotatable bonds is 63. The molecule has 0 radical (unpaired) electrons. The number of allylic oxidation sites excluding steroid dienone is 1. The quantitative estimate of drug-likeness (QED) is 0.0261. The lowest BCUT2D eigenvalue weighted by Crippen LogP contribution is -2.39. The van der Waals surface area contributed by atoms with E-state index in [2.05, 4.69) is 38.7 Å². The highest BCUT2D eigenvalue weighted by molar-refractivity contribution is 5.70. The van der Waals surface area contributed by atoms with Crippen molar-refractivity contribution in [2.24, 2.45) is 0 Å². The summed E-state index contributed by atoms with van der Waals surface area (Å²) in [5.74, 6) is -0.629. The molecule has 4 N–H and O–H groups in total. The molecule has 2 aliphatic rings. The van der Waals surface area contributed by atoms with Crippen LogP contribution in [0.3, 0.4) is 0 Å². The molecule has 0 aromatic heterocycles. The third-order valence-electron chi connectivity index (χ3n) is 18.2. The summed E-state index contributed by atoms with van der Waals surface area (Å²) in [5.41, 5.74) is 1.17. The molecule has 0 saturated carbocycles. The number of hydrogen-bond acceptors (Lipinski definition) is 11. The zero-order chi connectivity index (χ0) is 60.8. The van der Waals surface area contributed by atoms with E-state index in [-0.39, 0.29) is 44.1 Å². The molecule has 11 heteroatoms. The second-order valence-corrected chi connectivity index (χ2v) is 26.5. The summed E-state index contributed by atoms with van der Waals surface area (Å²) in [5, 5.41) is 44.4. The van der Waals surface area contributed by atoms with Crippen molar-refractivity contribution in [1.82, 2.24) is 4.90 Å². The molecule has 0 amide bonds. The van der Waals surface area contributed by atoms with Crippen LogP contribution in [0.15, 0.2) is 11.6 Å². The maximum atomic E-state index is 13.3. The van der Waals surface area contributed by atoms with Gasteiger partial charge in [-0.2, -0.15) is 0 Å². The number of unbranched alkanes of at least 4 members (excludes halogenated alkanes) is 37. The fourth-order valence-corrected chi connectivity index (χ4v) is 12.8. The summed E-state index contributed by atoms with van der Waals surface area (Å²) < 4.78 is 24.0. The second-order valence-electron chi connectivity index (χ2n) is 26.5. The molecule has 2 saturated heterocycles. The molecule has 0 aromatic rings. The zero-order valence-corrected chi connectivity index (χ0v) is 55.7. The van der Waals surface area contributed by atoms with Gasteiger partial charge in [-0.3, -0.25) is 14.5 Å². The molecule has 0 spiro atoms. The summed E-state index contributed by atoms with van der Waals surface area (Å²) >= 11 is 0. The Morgan fingerprint density at radius 2 is 0.702 bits per heavy atom. The van der Waals surface area contributed by atoms with E-state index in [1.165, 1.54) is 217 Å². The number of carbonyl (C=O) groups excluding carboxylic acids is 2. The molecular weight excluding hydrogens is 1050 g/mol. The topological polar surface area (TPSA) is 155 Å². The van der Waals surface area contributed by atoms with Crippen LogP contribution in [0.1, 0.15) is 362 Å². The van der Waals surface area contributed by atoms with Crippen LogP contribution < -0.4 is 0 Å². The van der Waals surface area contributed by atoms with Gasteiger partial charge in [-0.1, -0.05) is 296 Å². The Morgan fingerprint density at radius 3 is 1.06 bits per heavy atom. The number of fused-ring (bicyclic) bond motifs is 1. The molecule has 2 rings (SSSR count). The molecule has 6 unspecified atom stereocenters. The van der Waals surface area contributed by atoms with Gasteiger partial charge in [0.05, 0.1) is 37.6 Å². The van der Waals surface area contributed by atoms with Crippen molar-refractivity contribution in [3.8, 4) is 0 Å². The number of carbonyl (C=O) groups is 2. The Bertz CT molecular complexity index is 1460. The van der Waals surface area contributed by atoms with Gasteiger partial charge in [0, 0.05) is 25.9 Å². The molecule has 84 heavy (non-hydrogen) atoms. The van der Waals surface area contributed by atoms with Crippen molar-refractivity contribution in [3.63, 3.8) is 0 Å². The van der Waals surface area contributed by atoms with Crippen molar-refractivity contribution in [2.75, 3.05) is 32.8 Å². The Hall–Kier alpha value is -1.60. The molecular formula is C73H139NO10. The zero-order valence-electron chi connectivity index (χ0n) is 55.7. The van der Waals surface area contributed by atoms with Gasteiger partial charge >= 0.3 is 11.9 Å². The average molecular weight is 1190 g/mol. The fourth-order valence-electron chi connectivity index (χ4n) is 12.8. The molecule has 0 bridgehead atoms. The number of nitrogens with zero attached hydrogens (tertiary/aromatic N) is 1. The highest BCUT2D eigenvalue weighted by Crippen LogP contribution is 2.32. The molecule has 496 valence electrons. The van der Waals surface area contributed by atoms with Crippen LogP contribution in [-0.4, -0.2) is 119 Å². The summed E-state index contributed by atoms with van der Waals surface area (Å²) in [6.45, 7) is 11.0. The maximum Gasteiger partial charge on any atom is 0.306 e. The van der Waals surface area contributed by atoms with Gasteiger partial charge < -0.3 is 39.4 Å². The van der Waals surface area contributed by atoms with Crippen molar-refractivity contribution in [1.29, 1.82) is 0 Å². The first kappa shape index (κ1) is 78.5. The first-order valence-electron chi connectivity index (χ1n) is 36.8. The van der Waals surface area contributed by atoms with E-state index in [1.54, 1.807) is 0 Å². The van der Waals surface area contributed by atoms with Crippen molar-refractivity contribution in [3.05, 3.63) is 11.6 Å². The van der Waals surface area contributed by atoms with Gasteiger partial charge in [0.25, 0.3) is 0 Å². The number of aliphatic hydroxyl groups excluding tert-OH is 4. The maximum absolute atomic E-state index is 13.3. The van der Waals surface area contributed by atoms with Crippen LogP contribution >= 0.6 is 0 Å². The van der Waals surface area contributed by atoms with Crippen LogP contribution in [0, 0.1) is 0 Å². The summed E-state index contributed by atoms with van der Waals surface area (Å²) in [6.07, 6.45) is 56.6. The Kier molecular flexibility index (Phi) is 52.9. The van der Waals surface area contributed by atoms with Crippen LogP contribution in [0.5, 0.6) is 0 Å². The summed E-state index contributed by atoms with van der Waals surface area (Å²) in [4.78, 5) is 28.7.